The third kappa shape index (κ3) is 3.19. The zero-order valence-corrected chi connectivity index (χ0v) is 9.78. The SMILES string of the molecule is C=C(Cl)CNS(=O)(=O)c1ccc(F)cc1N. The van der Waals surface area contributed by atoms with Gasteiger partial charge in [-0.2, -0.15) is 0 Å². The van der Waals surface area contributed by atoms with E-state index in [2.05, 4.69) is 11.3 Å². The maximum Gasteiger partial charge on any atom is 0.242 e. The van der Waals surface area contributed by atoms with Crippen LogP contribution in [0.15, 0.2) is 34.7 Å². The number of halogens is 2. The number of nitrogen functional groups attached to an aromatic ring is 1. The second kappa shape index (κ2) is 4.82. The van der Waals surface area contributed by atoms with Crippen molar-refractivity contribution in [2.75, 3.05) is 12.3 Å². The number of sulfonamides is 1. The standard InChI is InChI=1S/C9H10ClFN2O2S/c1-6(10)5-13-16(14,15)9-3-2-7(11)4-8(9)12/h2-4,13H,1,5,12H2. The molecule has 0 atom stereocenters. The molecule has 0 saturated carbocycles. The number of benzene rings is 1. The lowest BCUT2D eigenvalue weighted by molar-refractivity contribution is 0.585. The van der Waals surface area contributed by atoms with Crippen LogP contribution in [0.3, 0.4) is 0 Å². The van der Waals surface area contributed by atoms with E-state index < -0.39 is 15.8 Å². The van der Waals surface area contributed by atoms with Crippen LogP contribution < -0.4 is 10.5 Å². The van der Waals surface area contributed by atoms with Crippen molar-refractivity contribution in [3.05, 3.63) is 35.6 Å². The van der Waals surface area contributed by atoms with Gasteiger partial charge in [0.1, 0.15) is 10.7 Å². The first-order valence-electron chi connectivity index (χ1n) is 4.21. The summed E-state index contributed by atoms with van der Waals surface area (Å²) in [6.45, 7) is 3.23. The van der Waals surface area contributed by atoms with Crippen LogP contribution in [0.25, 0.3) is 0 Å². The van der Waals surface area contributed by atoms with E-state index in [0.717, 1.165) is 18.2 Å². The Hall–Kier alpha value is -1.11. The van der Waals surface area contributed by atoms with Gasteiger partial charge in [-0.3, -0.25) is 0 Å². The Morgan fingerprint density at radius 1 is 1.56 bits per heavy atom. The highest BCUT2D eigenvalue weighted by Crippen LogP contribution is 2.18. The first-order chi connectivity index (χ1) is 7.33. The molecule has 7 heteroatoms. The molecule has 4 nitrogen and oxygen atoms in total. The van der Waals surface area contributed by atoms with Crippen molar-refractivity contribution >= 4 is 27.3 Å². The van der Waals surface area contributed by atoms with Crippen molar-refractivity contribution in [2.24, 2.45) is 0 Å². The van der Waals surface area contributed by atoms with Gasteiger partial charge < -0.3 is 5.73 Å². The first kappa shape index (κ1) is 13.0. The summed E-state index contributed by atoms with van der Waals surface area (Å²) in [6.07, 6.45) is 0. The van der Waals surface area contributed by atoms with Gasteiger partial charge in [0.15, 0.2) is 0 Å². The Bertz CT molecular complexity index is 516. The van der Waals surface area contributed by atoms with Gasteiger partial charge in [0.25, 0.3) is 0 Å². The summed E-state index contributed by atoms with van der Waals surface area (Å²) in [5.74, 6) is -0.599. The summed E-state index contributed by atoms with van der Waals surface area (Å²) in [5, 5.41) is 0.143. The lowest BCUT2D eigenvalue weighted by atomic mass is 10.3. The second-order valence-electron chi connectivity index (χ2n) is 3.02. The second-order valence-corrected chi connectivity index (χ2v) is 5.29. The van der Waals surface area contributed by atoms with Gasteiger partial charge >= 0.3 is 0 Å². The minimum Gasteiger partial charge on any atom is -0.398 e. The fourth-order valence-electron chi connectivity index (χ4n) is 1.02. The van der Waals surface area contributed by atoms with Crippen molar-refractivity contribution in [3.8, 4) is 0 Å². The van der Waals surface area contributed by atoms with Crippen LogP contribution in [-0.4, -0.2) is 15.0 Å². The maximum atomic E-state index is 12.7. The topological polar surface area (TPSA) is 72.2 Å². The lowest BCUT2D eigenvalue weighted by Crippen LogP contribution is -2.25. The molecule has 0 aliphatic carbocycles. The van der Waals surface area contributed by atoms with Crippen LogP contribution in [0.2, 0.25) is 0 Å². The van der Waals surface area contributed by atoms with Crippen LogP contribution in [0.5, 0.6) is 0 Å². The first-order valence-corrected chi connectivity index (χ1v) is 6.07. The fourth-order valence-corrected chi connectivity index (χ4v) is 2.30. The van der Waals surface area contributed by atoms with Crippen LogP contribution >= 0.6 is 11.6 Å². The average Bonchev–Trinajstić information content (AvgIpc) is 2.14. The molecular formula is C9H10ClFN2O2S. The summed E-state index contributed by atoms with van der Waals surface area (Å²) >= 11 is 5.42. The Kier molecular flexibility index (Phi) is 3.90. The minimum absolute atomic E-state index is 0.110. The van der Waals surface area contributed by atoms with Gasteiger partial charge in [0.2, 0.25) is 10.0 Å². The third-order valence-corrected chi connectivity index (χ3v) is 3.32. The molecule has 0 unspecified atom stereocenters. The number of nitrogens with one attached hydrogen (secondary N) is 1. The summed E-state index contributed by atoms with van der Waals surface area (Å²) in [7, 11) is -3.79. The van der Waals surface area contributed by atoms with Crippen molar-refractivity contribution in [3.63, 3.8) is 0 Å². The summed E-state index contributed by atoms with van der Waals surface area (Å²) in [6, 6.07) is 3.04. The number of anilines is 1. The molecule has 16 heavy (non-hydrogen) atoms. The molecule has 1 rings (SSSR count). The number of hydrogen-bond acceptors (Lipinski definition) is 3. The van der Waals surface area contributed by atoms with E-state index >= 15 is 0 Å². The number of hydrogen-bond donors (Lipinski definition) is 2. The largest absolute Gasteiger partial charge is 0.398 e. The molecule has 0 bridgehead atoms. The molecule has 1 aromatic rings. The van der Waals surface area contributed by atoms with Crippen LogP contribution in [0, 0.1) is 5.82 Å². The molecule has 0 saturated heterocycles. The van der Waals surface area contributed by atoms with E-state index in [9.17, 15) is 12.8 Å². The minimum atomic E-state index is -3.79. The number of rotatable bonds is 4. The molecule has 88 valence electrons. The Balaban J connectivity index is 3.03. The third-order valence-electron chi connectivity index (χ3n) is 1.72. The Morgan fingerprint density at radius 2 is 2.19 bits per heavy atom. The molecule has 0 heterocycles. The fraction of sp³-hybridized carbons (Fsp3) is 0.111. The normalized spacial score (nSPS) is 11.4. The molecule has 3 N–H and O–H groups in total. The quantitative estimate of drug-likeness (QED) is 0.809. The molecule has 0 aromatic heterocycles. The summed E-state index contributed by atoms with van der Waals surface area (Å²) < 4.78 is 38.2. The van der Waals surface area contributed by atoms with E-state index in [4.69, 9.17) is 17.3 Å². The molecule has 0 aliphatic rings. The van der Waals surface area contributed by atoms with Gasteiger partial charge in [0, 0.05) is 11.6 Å². The molecular weight excluding hydrogens is 255 g/mol. The van der Waals surface area contributed by atoms with Gasteiger partial charge in [-0.15, -0.1) is 0 Å². The van der Waals surface area contributed by atoms with Crippen LogP contribution in [0.4, 0.5) is 10.1 Å². The van der Waals surface area contributed by atoms with Gasteiger partial charge in [-0.1, -0.05) is 18.2 Å². The van der Waals surface area contributed by atoms with Gasteiger partial charge in [-0.25, -0.2) is 17.5 Å². The summed E-state index contributed by atoms with van der Waals surface area (Å²) in [4.78, 5) is -0.188. The van der Waals surface area contributed by atoms with E-state index in [-0.39, 0.29) is 22.2 Å². The molecule has 0 aliphatic heterocycles. The van der Waals surface area contributed by atoms with E-state index in [1.54, 1.807) is 0 Å². The molecule has 0 radical (unpaired) electrons. The molecule has 0 spiro atoms. The highest BCUT2D eigenvalue weighted by atomic mass is 35.5. The Labute approximate surface area is 98.0 Å². The predicted molar refractivity (Wildman–Crippen MR) is 61.0 cm³/mol. The van der Waals surface area contributed by atoms with Crippen molar-refractivity contribution in [1.82, 2.24) is 4.72 Å². The predicted octanol–water partition coefficient (Wildman–Crippen LogP) is 1.44. The van der Waals surface area contributed by atoms with Crippen LogP contribution in [0.1, 0.15) is 0 Å². The van der Waals surface area contributed by atoms with E-state index in [0.29, 0.717) is 0 Å². The van der Waals surface area contributed by atoms with Crippen molar-refractivity contribution < 1.29 is 12.8 Å². The Morgan fingerprint density at radius 3 is 2.69 bits per heavy atom. The van der Waals surface area contributed by atoms with Crippen molar-refractivity contribution in [1.29, 1.82) is 0 Å². The molecule has 0 amide bonds. The van der Waals surface area contributed by atoms with Gasteiger partial charge in [-0.05, 0) is 18.2 Å². The molecule has 1 aromatic carbocycles. The highest BCUT2D eigenvalue weighted by molar-refractivity contribution is 7.89. The monoisotopic (exact) mass is 264 g/mol. The number of nitrogens with two attached hydrogens (primary N) is 1. The highest BCUT2D eigenvalue weighted by Gasteiger charge is 2.17. The summed E-state index contributed by atoms with van der Waals surface area (Å²) in [5.41, 5.74) is 5.24. The maximum absolute atomic E-state index is 12.7. The smallest absolute Gasteiger partial charge is 0.242 e. The molecule has 0 fully saturated rings. The van der Waals surface area contributed by atoms with E-state index in [1.165, 1.54) is 0 Å². The van der Waals surface area contributed by atoms with E-state index in [1.807, 2.05) is 0 Å². The van der Waals surface area contributed by atoms with Gasteiger partial charge in [0.05, 0.1) is 5.69 Å². The van der Waals surface area contributed by atoms with Crippen LogP contribution in [-0.2, 0) is 10.0 Å². The van der Waals surface area contributed by atoms with Crippen molar-refractivity contribution in [2.45, 2.75) is 4.90 Å². The lowest BCUT2D eigenvalue weighted by Gasteiger charge is -2.08. The zero-order chi connectivity index (χ0) is 12.3. The average molecular weight is 265 g/mol. The zero-order valence-electron chi connectivity index (χ0n) is 8.20.